The van der Waals surface area contributed by atoms with Gasteiger partial charge in [0.1, 0.15) is 5.76 Å². The van der Waals surface area contributed by atoms with Crippen LogP contribution in [0.2, 0.25) is 5.02 Å². The van der Waals surface area contributed by atoms with E-state index in [1.807, 2.05) is 43.3 Å². The van der Waals surface area contributed by atoms with Gasteiger partial charge in [-0.15, -0.1) is 0 Å². The van der Waals surface area contributed by atoms with E-state index in [4.69, 9.17) is 16.1 Å². The van der Waals surface area contributed by atoms with Gasteiger partial charge in [0.15, 0.2) is 0 Å². The van der Waals surface area contributed by atoms with Crippen molar-refractivity contribution in [3.8, 4) is 0 Å². The average molecular weight is 506 g/mol. The lowest BCUT2D eigenvalue weighted by molar-refractivity contribution is -0.115. The number of carbonyl (C=O) groups is 2. The van der Waals surface area contributed by atoms with Crippen molar-refractivity contribution >= 4 is 40.5 Å². The number of nitrogens with one attached hydrogen (secondary N) is 2. The van der Waals surface area contributed by atoms with Crippen LogP contribution in [0.1, 0.15) is 28.6 Å². The van der Waals surface area contributed by atoms with Crippen LogP contribution in [0, 0.1) is 13.8 Å². The van der Waals surface area contributed by atoms with E-state index in [0.29, 0.717) is 16.5 Å². The van der Waals surface area contributed by atoms with E-state index in [2.05, 4.69) is 31.7 Å². The Kier molecular flexibility index (Phi) is 6.80. The first-order chi connectivity index (χ1) is 17.4. The van der Waals surface area contributed by atoms with Gasteiger partial charge in [-0.25, -0.2) is 0 Å². The quantitative estimate of drug-likeness (QED) is 0.530. The lowest BCUT2D eigenvalue weighted by Crippen LogP contribution is -2.47. The fourth-order valence-electron chi connectivity index (χ4n) is 4.85. The molecule has 0 aliphatic carbocycles. The number of carbonyl (C=O) groups excluding carboxylic acids is 2. The molecule has 186 valence electrons. The van der Waals surface area contributed by atoms with Gasteiger partial charge < -0.3 is 20.1 Å². The van der Waals surface area contributed by atoms with Crippen LogP contribution in [0.5, 0.6) is 0 Å². The Hall–Kier alpha value is -3.62. The summed E-state index contributed by atoms with van der Waals surface area (Å²) >= 11 is 6.64. The van der Waals surface area contributed by atoms with Gasteiger partial charge in [-0.3, -0.25) is 14.5 Å². The maximum atomic E-state index is 12.5. The van der Waals surface area contributed by atoms with Crippen LogP contribution in [-0.4, -0.2) is 48.0 Å². The van der Waals surface area contributed by atoms with Gasteiger partial charge in [0.2, 0.25) is 11.8 Å². The SMILES string of the molecule is Cc1noc(C)c1CC(=O)Nc1ccc(N2CCN(C3C=CC(=O)Nc4ccccc43)CC2)c(Cl)c1. The Balaban J connectivity index is 1.23. The van der Waals surface area contributed by atoms with Crippen LogP contribution < -0.4 is 15.5 Å². The van der Waals surface area contributed by atoms with Crippen LogP contribution in [0.15, 0.2) is 59.1 Å². The van der Waals surface area contributed by atoms with Crippen molar-refractivity contribution in [1.82, 2.24) is 10.1 Å². The van der Waals surface area contributed by atoms with E-state index in [-0.39, 0.29) is 24.3 Å². The maximum Gasteiger partial charge on any atom is 0.248 e. The van der Waals surface area contributed by atoms with Crippen molar-refractivity contribution in [2.75, 3.05) is 41.7 Å². The summed E-state index contributed by atoms with van der Waals surface area (Å²) < 4.78 is 5.14. The third kappa shape index (κ3) is 5.01. The Labute approximate surface area is 214 Å². The monoisotopic (exact) mass is 505 g/mol. The zero-order valence-electron chi connectivity index (χ0n) is 20.3. The molecule has 36 heavy (non-hydrogen) atoms. The zero-order chi connectivity index (χ0) is 25.2. The second-order valence-electron chi connectivity index (χ2n) is 9.10. The highest BCUT2D eigenvalue weighted by atomic mass is 35.5. The highest BCUT2D eigenvalue weighted by Crippen LogP contribution is 2.34. The highest BCUT2D eigenvalue weighted by molar-refractivity contribution is 6.33. The summed E-state index contributed by atoms with van der Waals surface area (Å²) in [5.74, 6) is 0.404. The number of rotatable bonds is 5. The number of fused-ring (bicyclic) bond motifs is 1. The number of piperazine rings is 1. The van der Waals surface area contributed by atoms with E-state index in [9.17, 15) is 9.59 Å². The van der Waals surface area contributed by atoms with E-state index in [1.54, 1.807) is 19.1 Å². The number of aryl methyl sites for hydroxylation is 2. The van der Waals surface area contributed by atoms with Crippen molar-refractivity contribution in [1.29, 1.82) is 0 Å². The van der Waals surface area contributed by atoms with Crippen LogP contribution in [-0.2, 0) is 16.0 Å². The second kappa shape index (κ2) is 10.2. The lowest BCUT2D eigenvalue weighted by atomic mass is 10.0. The molecule has 8 nitrogen and oxygen atoms in total. The molecule has 1 fully saturated rings. The predicted octanol–water partition coefficient (Wildman–Crippen LogP) is 4.50. The predicted molar refractivity (Wildman–Crippen MR) is 141 cm³/mol. The van der Waals surface area contributed by atoms with Crippen molar-refractivity contribution in [3.05, 3.63) is 82.2 Å². The molecular weight excluding hydrogens is 478 g/mol. The van der Waals surface area contributed by atoms with E-state index < -0.39 is 0 Å². The van der Waals surface area contributed by atoms with Crippen LogP contribution in [0.3, 0.4) is 0 Å². The third-order valence-electron chi connectivity index (χ3n) is 6.77. The first-order valence-electron chi connectivity index (χ1n) is 12.0. The second-order valence-corrected chi connectivity index (χ2v) is 9.50. The summed E-state index contributed by atoms with van der Waals surface area (Å²) in [5, 5.41) is 10.4. The lowest BCUT2D eigenvalue weighted by Gasteiger charge is -2.40. The molecule has 0 spiro atoms. The minimum atomic E-state index is -0.147. The smallest absolute Gasteiger partial charge is 0.248 e. The highest BCUT2D eigenvalue weighted by Gasteiger charge is 2.27. The number of nitrogens with zero attached hydrogens (tertiary/aromatic N) is 3. The molecule has 1 atom stereocenters. The number of para-hydroxylation sites is 1. The van der Waals surface area contributed by atoms with Gasteiger partial charge in [0, 0.05) is 49.2 Å². The molecule has 1 unspecified atom stereocenters. The first kappa shape index (κ1) is 24.1. The van der Waals surface area contributed by atoms with Crippen LogP contribution >= 0.6 is 11.6 Å². The molecule has 9 heteroatoms. The Morgan fingerprint density at radius 3 is 2.67 bits per heavy atom. The molecule has 0 radical (unpaired) electrons. The van der Waals surface area contributed by atoms with Gasteiger partial charge >= 0.3 is 0 Å². The molecule has 0 bridgehead atoms. The molecule has 2 aliphatic heterocycles. The topological polar surface area (TPSA) is 90.7 Å². The molecule has 2 N–H and O–H groups in total. The first-order valence-corrected chi connectivity index (χ1v) is 12.3. The summed E-state index contributed by atoms with van der Waals surface area (Å²) in [6.07, 6.45) is 3.79. The van der Waals surface area contributed by atoms with Crippen molar-refractivity contribution in [3.63, 3.8) is 0 Å². The minimum absolute atomic E-state index is 0.0352. The van der Waals surface area contributed by atoms with Crippen molar-refractivity contribution in [2.24, 2.45) is 0 Å². The van der Waals surface area contributed by atoms with E-state index in [0.717, 1.165) is 54.4 Å². The largest absolute Gasteiger partial charge is 0.368 e. The molecule has 1 saturated heterocycles. The zero-order valence-corrected chi connectivity index (χ0v) is 21.0. The molecule has 2 amide bonds. The van der Waals surface area contributed by atoms with E-state index in [1.165, 1.54) is 0 Å². The Morgan fingerprint density at radius 1 is 1.17 bits per heavy atom. The van der Waals surface area contributed by atoms with Gasteiger partial charge in [-0.2, -0.15) is 0 Å². The third-order valence-corrected chi connectivity index (χ3v) is 7.07. The Bertz CT molecular complexity index is 1310. The van der Waals surface area contributed by atoms with Crippen molar-refractivity contribution in [2.45, 2.75) is 26.3 Å². The number of hydrogen-bond acceptors (Lipinski definition) is 6. The Morgan fingerprint density at radius 2 is 1.94 bits per heavy atom. The molecule has 2 aliphatic rings. The summed E-state index contributed by atoms with van der Waals surface area (Å²) in [4.78, 5) is 29.2. The summed E-state index contributed by atoms with van der Waals surface area (Å²) in [6.45, 7) is 6.87. The van der Waals surface area contributed by atoms with Gasteiger partial charge in [0.05, 0.1) is 28.9 Å². The minimum Gasteiger partial charge on any atom is -0.368 e. The van der Waals surface area contributed by atoms with Crippen LogP contribution in [0.4, 0.5) is 17.1 Å². The fraction of sp³-hybridized carbons (Fsp3) is 0.296. The molecule has 3 aromatic rings. The molecular formula is C27H28ClN5O3. The average Bonchev–Trinajstić information content (AvgIpc) is 3.07. The molecule has 2 aromatic carbocycles. The molecule has 3 heterocycles. The van der Waals surface area contributed by atoms with Gasteiger partial charge in [0.25, 0.3) is 0 Å². The fourth-order valence-corrected chi connectivity index (χ4v) is 5.15. The van der Waals surface area contributed by atoms with Crippen molar-refractivity contribution < 1.29 is 14.1 Å². The van der Waals surface area contributed by atoms with Gasteiger partial charge in [-0.1, -0.05) is 41.0 Å². The summed E-state index contributed by atoms with van der Waals surface area (Å²) in [7, 11) is 0. The van der Waals surface area contributed by atoms with Gasteiger partial charge in [-0.05, 0) is 43.7 Å². The standard InChI is InChI=1S/C27H28ClN5O3/c1-17-21(18(2)36-31-17)16-27(35)29-19-7-8-25(22(28)15-19)33-13-11-32(12-14-33)24-9-10-26(34)30-23-6-4-3-5-20(23)24/h3-10,15,24H,11-14,16H2,1-2H3,(H,29,35)(H,30,34). The van der Waals surface area contributed by atoms with Crippen LogP contribution in [0.25, 0.3) is 0 Å². The number of halogens is 1. The van der Waals surface area contributed by atoms with E-state index >= 15 is 0 Å². The number of aromatic nitrogens is 1. The molecule has 0 saturated carbocycles. The summed E-state index contributed by atoms with van der Waals surface area (Å²) in [6, 6.07) is 13.6. The number of benzene rings is 2. The normalized spacial score (nSPS) is 17.9. The molecule has 5 rings (SSSR count). The molecule has 1 aromatic heterocycles. The number of anilines is 3. The summed E-state index contributed by atoms with van der Waals surface area (Å²) in [5.41, 5.74) is 5.07. The number of amides is 2. The maximum absolute atomic E-state index is 12.5. The number of hydrogen-bond donors (Lipinski definition) is 2.